The van der Waals surface area contributed by atoms with E-state index in [9.17, 15) is 4.79 Å². The van der Waals surface area contributed by atoms with E-state index in [0.29, 0.717) is 17.3 Å². The van der Waals surface area contributed by atoms with Crippen LogP contribution in [0.25, 0.3) is 0 Å². The predicted octanol–water partition coefficient (Wildman–Crippen LogP) is 4.93. The Kier molecular flexibility index (Phi) is 5.81. The van der Waals surface area contributed by atoms with Crippen molar-refractivity contribution >= 4 is 28.9 Å². The van der Waals surface area contributed by atoms with Gasteiger partial charge < -0.3 is 14.8 Å². The lowest BCUT2D eigenvalue weighted by Crippen LogP contribution is -2.69. The van der Waals surface area contributed by atoms with Crippen LogP contribution in [0.4, 0.5) is 11.4 Å². The second kappa shape index (κ2) is 8.67. The molecule has 4 rings (SSSR count). The zero-order valence-electron chi connectivity index (χ0n) is 16.8. The molecule has 1 saturated heterocycles. The van der Waals surface area contributed by atoms with E-state index in [4.69, 9.17) is 21.1 Å². The number of methoxy groups -OCH3 is 1. The maximum atomic E-state index is 13.0. The highest BCUT2D eigenvalue weighted by Gasteiger charge is 2.50. The quantitative estimate of drug-likeness (QED) is 0.548. The van der Waals surface area contributed by atoms with Crippen LogP contribution in [-0.4, -0.2) is 31.7 Å². The normalized spacial score (nSPS) is 18.0. The second-order valence-electron chi connectivity index (χ2n) is 7.16. The molecule has 0 aliphatic carbocycles. The molecule has 0 bridgehead atoms. The molecule has 0 saturated carbocycles. The van der Waals surface area contributed by atoms with Gasteiger partial charge in [0.15, 0.2) is 6.10 Å². The fourth-order valence-electron chi connectivity index (χ4n) is 3.57. The van der Waals surface area contributed by atoms with Gasteiger partial charge in [0.05, 0.1) is 7.11 Å². The van der Waals surface area contributed by atoms with Gasteiger partial charge in [0.25, 0.3) is 5.91 Å². The van der Waals surface area contributed by atoms with E-state index in [2.05, 4.69) is 5.32 Å². The van der Waals surface area contributed by atoms with E-state index in [-0.39, 0.29) is 11.9 Å². The molecule has 1 aliphatic heterocycles. The van der Waals surface area contributed by atoms with Gasteiger partial charge in [0.2, 0.25) is 0 Å². The molecule has 6 heteroatoms. The minimum absolute atomic E-state index is 0.0548. The topological polar surface area (TPSA) is 50.8 Å². The number of anilines is 2. The number of ether oxygens (including phenoxy) is 2. The summed E-state index contributed by atoms with van der Waals surface area (Å²) >= 11 is 5.96. The molecule has 0 radical (unpaired) electrons. The number of nitrogens with zero attached hydrogens (tertiary/aromatic N) is 1. The minimum Gasteiger partial charge on any atom is -0.497 e. The zero-order valence-corrected chi connectivity index (χ0v) is 17.6. The smallest absolute Gasteiger partial charge is 0.270 e. The summed E-state index contributed by atoms with van der Waals surface area (Å²) in [5.41, 5.74) is 2.90. The SMILES string of the molecule is COc1ccc(NC[C@H]2[C@H](Oc3ccc(Cl)cc3)C(=O)N2c2ccccc2C)cc1. The fraction of sp³-hybridized carbons (Fsp3) is 0.208. The first kappa shape index (κ1) is 20.1. The Bertz CT molecular complexity index is 1020. The number of nitrogens with one attached hydrogen (secondary N) is 1. The van der Waals surface area contributed by atoms with Crippen LogP contribution >= 0.6 is 11.6 Å². The lowest BCUT2D eigenvalue weighted by atomic mass is 9.95. The molecule has 5 nitrogen and oxygen atoms in total. The Morgan fingerprint density at radius 3 is 2.30 bits per heavy atom. The number of carbonyl (C=O) groups excluding carboxylic acids is 1. The summed E-state index contributed by atoms with van der Waals surface area (Å²) in [6, 6.07) is 22.5. The molecule has 1 fully saturated rings. The second-order valence-corrected chi connectivity index (χ2v) is 7.60. The number of halogens is 1. The summed E-state index contributed by atoms with van der Waals surface area (Å²) in [6.45, 7) is 2.55. The molecule has 0 spiro atoms. The molecule has 3 aromatic carbocycles. The summed E-state index contributed by atoms with van der Waals surface area (Å²) in [5, 5.41) is 4.04. The molecule has 1 amide bonds. The standard InChI is InChI=1S/C24H23ClN2O3/c1-16-5-3-4-6-21(16)27-22(15-26-18-9-13-19(29-2)14-10-18)23(24(27)28)30-20-11-7-17(25)8-12-20/h3-14,22-23,26H,15H2,1-2H3/t22-,23-/m0/s1. The molecule has 30 heavy (non-hydrogen) atoms. The van der Waals surface area contributed by atoms with E-state index in [1.165, 1.54) is 0 Å². The van der Waals surface area contributed by atoms with Gasteiger partial charge in [-0.2, -0.15) is 0 Å². The first-order valence-electron chi connectivity index (χ1n) is 9.75. The monoisotopic (exact) mass is 422 g/mol. The van der Waals surface area contributed by atoms with E-state index in [1.54, 1.807) is 31.4 Å². The highest BCUT2D eigenvalue weighted by Crippen LogP contribution is 2.34. The van der Waals surface area contributed by atoms with E-state index >= 15 is 0 Å². The minimum atomic E-state index is -0.573. The van der Waals surface area contributed by atoms with E-state index < -0.39 is 6.10 Å². The Balaban J connectivity index is 1.54. The van der Waals surface area contributed by atoms with Crippen LogP contribution in [0.5, 0.6) is 11.5 Å². The van der Waals surface area contributed by atoms with E-state index in [0.717, 1.165) is 22.7 Å². The third-order valence-electron chi connectivity index (χ3n) is 5.22. The lowest BCUT2D eigenvalue weighted by molar-refractivity contribution is -0.134. The predicted molar refractivity (Wildman–Crippen MR) is 120 cm³/mol. The van der Waals surface area contributed by atoms with Crippen molar-refractivity contribution in [1.29, 1.82) is 0 Å². The van der Waals surface area contributed by atoms with Crippen LogP contribution < -0.4 is 19.7 Å². The summed E-state index contributed by atoms with van der Waals surface area (Å²) in [7, 11) is 1.64. The van der Waals surface area contributed by atoms with Gasteiger partial charge in [0, 0.05) is 22.9 Å². The fourth-order valence-corrected chi connectivity index (χ4v) is 3.69. The van der Waals surface area contributed by atoms with Crippen molar-refractivity contribution in [2.24, 2.45) is 0 Å². The zero-order chi connectivity index (χ0) is 21.1. The van der Waals surface area contributed by atoms with Crippen molar-refractivity contribution in [3.05, 3.63) is 83.4 Å². The van der Waals surface area contributed by atoms with Gasteiger partial charge in [0.1, 0.15) is 17.5 Å². The summed E-state index contributed by atoms with van der Waals surface area (Å²) in [4.78, 5) is 14.8. The Hall–Kier alpha value is -3.18. The molecular weight excluding hydrogens is 400 g/mol. The van der Waals surface area contributed by atoms with Crippen LogP contribution in [0, 0.1) is 6.92 Å². The molecule has 3 aromatic rings. The molecular formula is C24H23ClN2O3. The van der Waals surface area contributed by atoms with Gasteiger partial charge in [-0.3, -0.25) is 9.69 Å². The van der Waals surface area contributed by atoms with E-state index in [1.807, 2.05) is 60.4 Å². The number of para-hydroxylation sites is 1. The van der Waals surface area contributed by atoms with Crippen molar-refractivity contribution in [3.8, 4) is 11.5 Å². The summed E-state index contributed by atoms with van der Waals surface area (Å²) in [6.07, 6.45) is -0.573. The number of rotatable bonds is 7. The van der Waals surface area contributed by atoms with Crippen LogP contribution in [0.2, 0.25) is 5.02 Å². The number of hydrogen-bond donors (Lipinski definition) is 1. The molecule has 1 aliphatic rings. The maximum absolute atomic E-state index is 13.0. The van der Waals surface area contributed by atoms with Crippen molar-refractivity contribution in [1.82, 2.24) is 0 Å². The lowest BCUT2D eigenvalue weighted by Gasteiger charge is -2.47. The van der Waals surface area contributed by atoms with Gasteiger partial charge >= 0.3 is 0 Å². The molecule has 1 N–H and O–H groups in total. The Labute approximate surface area is 181 Å². The number of hydrogen-bond acceptors (Lipinski definition) is 4. The summed E-state index contributed by atoms with van der Waals surface area (Å²) in [5.74, 6) is 1.36. The number of amides is 1. The average molecular weight is 423 g/mol. The first-order valence-corrected chi connectivity index (χ1v) is 10.1. The average Bonchev–Trinajstić information content (AvgIpc) is 2.77. The maximum Gasteiger partial charge on any atom is 0.270 e. The highest BCUT2D eigenvalue weighted by molar-refractivity contribution is 6.30. The van der Waals surface area contributed by atoms with Crippen LogP contribution in [-0.2, 0) is 4.79 Å². The Morgan fingerprint density at radius 2 is 1.63 bits per heavy atom. The molecule has 154 valence electrons. The number of β-lactam (4-membered cyclic amide) rings is 1. The molecule has 0 aromatic heterocycles. The van der Waals surface area contributed by atoms with Gasteiger partial charge in [-0.15, -0.1) is 0 Å². The molecule has 2 atom stereocenters. The van der Waals surface area contributed by atoms with Gasteiger partial charge in [-0.1, -0.05) is 29.8 Å². The highest BCUT2D eigenvalue weighted by atomic mass is 35.5. The molecule has 1 heterocycles. The first-order chi connectivity index (χ1) is 14.6. The van der Waals surface area contributed by atoms with Crippen LogP contribution in [0.3, 0.4) is 0 Å². The van der Waals surface area contributed by atoms with Crippen LogP contribution in [0.1, 0.15) is 5.56 Å². The van der Waals surface area contributed by atoms with Crippen molar-refractivity contribution < 1.29 is 14.3 Å². The number of aryl methyl sites for hydroxylation is 1. The van der Waals surface area contributed by atoms with Crippen molar-refractivity contribution in [2.75, 3.05) is 23.9 Å². The van der Waals surface area contributed by atoms with Crippen LogP contribution in [0.15, 0.2) is 72.8 Å². The summed E-state index contributed by atoms with van der Waals surface area (Å²) < 4.78 is 11.2. The van der Waals surface area contributed by atoms with Gasteiger partial charge in [-0.25, -0.2) is 0 Å². The third kappa shape index (κ3) is 4.07. The largest absolute Gasteiger partial charge is 0.497 e. The Morgan fingerprint density at radius 1 is 0.967 bits per heavy atom. The third-order valence-corrected chi connectivity index (χ3v) is 5.47. The van der Waals surface area contributed by atoms with Crippen molar-refractivity contribution in [3.63, 3.8) is 0 Å². The number of carbonyl (C=O) groups is 1. The van der Waals surface area contributed by atoms with Gasteiger partial charge in [-0.05, 0) is 67.1 Å². The number of benzene rings is 3. The van der Waals surface area contributed by atoms with Crippen molar-refractivity contribution in [2.45, 2.75) is 19.1 Å². The molecule has 0 unspecified atom stereocenters.